The summed E-state index contributed by atoms with van der Waals surface area (Å²) >= 11 is 0. The van der Waals surface area contributed by atoms with Gasteiger partial charge in [0.25, 0.3) is 0 Å². The first-order valence-corrected chi connectivity index (χ1v) is 5.95. The zero-order chi connectivity index (χ0) is 15.4. The SMILES string of the molecule is COc1cc(Oc2cnc(N)nc2N)cc(OC)c1OC. The van der Waals surface area contributed by atoms with E-state index in [0.29, 0.717) is 23.0 Å². The molecule has 8 heteroatoms. The van der Waals surface area contributed by atoms with Gasteiger partial charge in [-0.2, -0.15) is 4.98 Å². The van der Waals surface area contributed by atoms with E-state index in [2.05, 4.69) is 9.97 Å². The van der Waals surface area contributed by atoms with Gasteiger partial charge in [0.1, 0.15) is 5.75 Å². The zero-order valence-electron chi connectivity index (χ0n) is 11.9. The lowest BCUT2D eigenvalue weighted by atomic mass is 10.2. The van der Waals surface area contributed by atoms with Gasteiger partial charge in [0, 0.05) is 12.1 Å². The van der Waals surface area contributed by atoms with Gasteiger partial charge in [0.15, 0.2) is 23.1 Å². The number of aromatic nitrogens is 2. The molecular formula is C13H16N4O4. The molecule has 0 radical (unpaired) electrons. The standard InChI is InChI=1S/C13H16N4O4/c1-18-8-4-7(5-9(19-2)11(8)20-3)21-10-6-16-13(15)17-12(10)14/h4-6H,1-3H3,(H4,14,15,16,17). The quantitative estimate of drug-likeness (QED) is 0.851. The predicted octanol–water partition coefficient (Wildman–Crippen LogP) is 1.46. The molecule has 0 saturated carbocycles. The molecule has 0 aliphatic rings. The van der Waals surface area contributed by atoms with Crippen molar-refractivity contribution in [3.63, 3.8) is 0 Å². The molecule has 0 amide bonds. The van der Waals surface area contributed by atoms with Gasteiger partial charge in [0.05, 0.1) is 27.5 Å². The maximum absolute atomic E-state index is 5.72. The second-order valence-corrected chi connectivity index (χ2v) is 3.94. The van der Waals surface area contributed by atoms with Crippen LogP contribution in [0, 0.1) is 0 Å². The van der Waals surface area contributed by atoms with Crippen molar-refractivity contribution in [1.82, 2.24) is 9.97 Å². The number of anilines is 2. The molecule has 1 heterocycles. The van der Waals surface area contributed by atoms with Crippen LogP contribution in [0.15, 0.2) is 18.3 Å². The molecule has 0 aliphatic carbocycles. The van der Waals surface area contributed by atoms with E-state index in [-0.39, 0.29) is 17.5 Å². The number of nitrogen functional groups attached to an aromatic ring is 2. The van der Waals surface area contributed by atoms with E-state index in [9.17, 15) is 0 Å². The van der Waals surface area contributed by atoms with E-state index in [4.69, 9.17) is 30.4 Å². The summed E-state index contributed by atoms with van der Waals surface area (Å²) in [5.74, 6) is 2.31. The van der Waals surface area contributed by atoms with E-state index in [1.165, 1.54) is 27.5 Å². The minimum absolute atomic E-state index is 0.0738. The highest BCUT2D eigenvalue weighted by molar-refractivity contribution is 5.57. The van der Waals surface area contributed by atoms with E-state index in [1.54, 1.807) is 12.1 Å². The maximum atomic E-state index is 5.72. The van der Waals surface area contributed by atoms with E-state index in [1.807, 2.05) is 0 Å². The fourth-order valence-corrected chi connectivity index (χ4v) is 1.72. The molecular weight excluding hydrogens is 276 g/mol. The fourth-order valence-electron chi connectivity index (χ4n) is 1.72. The van der Waals surface area contributed by atoms with Crippen LogP contribution >= 0.6 is 0 Å². The number of benzene rings is 1. The van der Waals surface area contributed by atoms with Gasteiger partial charge in [-0.15, -0.1) is 0 Å². The van der Waals surface area contributed by atoms with Crippen LogP contribution in [-0.2, 0) is 0 Å². The Bertz CT molecular complexity index is 623. The Morgan fingerprint density at radius 2 is 1.52 bits per heavy atom. The molecule has 8 nitrogen and oxygen atoms in total. The van der Waals surface area contributed by atoms with Crippen molar-refractivity contribution < 1.29 is 18.9 Å². The summed E-state index contributed by atoms with van der Waals surface area (Å²) in [6.45, 7) is 0. The first-order chi connectivity index (χ1) is 10.1. The molecule has 0 aliphatic heterocycles. The third kappa shape index (κ3) is 2.99. The molecule has 2 rings (SSSR count). The largest absolute Gasteiger partial charge is 0.493 e. The van der Waals surface area contributed by atoms with Crippen LogP contribution in [0.3, 0.4) is 0 Å². The van der Waals surface area contributed by atoms with Crippen molar-refractivity contribution in [3.8, 4) is 28.7 Å². The summed E-state index contributed by atoms with van der Waals surface area (Å²) in [4.78, 5) is 7.65. The van der Waals surface area contributed by atoms with Crippen molar-refractivity contribution in [2.75, 3.05) is 32.8 Å². The maximum Gasteiger partial charge on any atom is 0.222 e. The fraction of sp³-hybridized carbons (Fsp3) is 0.231. The highest BCUT2D eigenvalue weighted by Crippen LogP contribution is 2.42. The topological polar surface area (TPSA) is 115 Å². The number of nitrogens with zero attached hydrogens (tertiary/aromatic N) is 2. The molecule has 0 spiro atoms. The third-order valence-electron chi connectivity index (χ3n) is 2.67. The summed E-state index contributed by atoms with van der Waals surface area (Å²) in [6, 6.07) is 3.27. The summed E-state index contributed by atoms with van der Waals surface area (Å²) in [6.07, 6.45) is 1.39. The number of ether oxygens (including phenoxy) is 4. The second kappa shape index (κ2) is 6.04. The molecule has 1 aromatic heterocycles. The van der Waals surface area contributed by atoms with Crippen molar-refractivity contribution in [2.24, 2.45) is 0 Å². The van der Waals surface area contributed by atoms with E-state index < -0.39 is 0 Å². The van der Waals surface area contributed by atoms with Crippen molar-refractivity contribution in [3.05, 3.63) is 18.3 Å². The van der Waals surface area contributed by atoms with Crippen LogP contribution in [-0.4, -0.2) is 31.3 Å². The average Bonchev–Trinajstić information content (AvgIpc) is 2.49. The highest BCUT2D eigenvalue weighted by Gasteiger charge is 2.15. The number of rotatable bonds is 5. The van der Waals surface area contributed by atoms with Gasteiger partial charge in [-0.3, -0.25) is 0 Å². The summed E-state index contributed by atoms with van der Waals surface area (Å²) in [5.41, 5.74) is 11.2. The van der Waals surface area contributed by atoms with Gasteiger partial charge in [-0.1, -0.05) is 0 Å². The molecule has 0 fully saturated rings. The first-order valence-electron chi connectivity index (χ1n) is 5.95. The van der Waals surface area contributed by atoms with Crippen LogP contribution in [0.4, 0.5) is 11.8 Å². The van der Waals surface area contributed by atoms with Gasteiger partial charge in [0.2, 0.25) is 11.7 Å². The summed E-state index contributed by atoms with van der Waals surface area (Å²) in [5, 5.41) is 0. The summed E-state index contributed by atoms with van der Waals surface area (Å²) in [7, 11) is 4.55. The van der Waals surface area contributed by atoms with Crippen LogP contribution in [0.5, 0.6) is 28.7 Å². The Morgan fingerprint density at radius 3 is 2.00 bits per heavy atom. The monoisotopic (exact) mass is 292 g/mol. The predicted molar refractivity (Wildman–Crippen MR) is 77.0 cm³/mol. The van der Waals surface area contributed by atoms with Crippen molar-refractivity contribution in [1.29, 1.82) is 0 Å². The minimum atomic E-state index is 0.0738. The molecule has 112 valence electrons. The zero-order valence-corrected chi connectivity index (χ0v) is 11.9. The molecule has 0 unspecified atom stereocenters. The number of hydrogen-bond acceptors (Lipinski definition) is 8. The minimum Gasteiger partial charge on any atom is -0.493 e. The van der Waals surface area contributed by atoms with Crippen molar-refractivity contribution >= 4 is 11.8 Å². The first kappa shape index (κ1) is 14.5. The van der Waals surface area contributed by atoms with E-state index >= 15 is 0 Å². The lowest BCUT2D eigenvalue weighted by Gasteiger charge is -2.14. The molecule has 21 heavy (non-hydrogen) atoms. The Kier molecular flexibility index (Phi) is 4.17. The Hall–Kier alpha value is -2.90. The number of hydrogen-bond donors (Lipinski definition) is 2. The molecule has 0 bridgehead atoms. The van der Waals surface area contributed by atoms with E-state index in [0.717, 1.165) is 0 Å². The van der Waals surface area contributed by atoms with Gasteiger partial charge >= 0.3 is 0 Å². The molecule has 0 saturated heterocycles. The number of methoxy groups -OCH3 is 3. The lowest BCUT2D eigenvalue weighted by Crippen LogP contribution is -2.02. The van der Waals surface area contributed by atoms with Gasteiger partial charge < -0.3 is 30.4 Å². The van der Waals surface area contributed by atoms with Crippen LogP contribution in [0.2, 0.25) is 0 Å². The molecule has 4 N–H and O–H groups in total. The highest BCUT2D eigenvalue weighted by atomic mass is 16.5. The van der Waals surface area contributed by atoms with Crippen molar-refractivity contribution in [2.45, 2.75) is 0 Å². The van der Waals surface area contributed by atoms with Crippen LogP contribution in [0.1, 0.15) is 0 Å². The Morgan fingerprint density at radius 1 is 0.905 bits per heavy atom. The summed E-state index contributed by atoms with van der Waals surface area (Å²) < 4.78 is 21.3. The van der Waals surface area contributed by atoms with Crippen LogP contribution in [0.25, 0.3) is 0 Å². The normalized spacial score (nSPS) is 10.0. The lowest BCUT2D eigenvalue weighted by molar-refractivity contribution is 0.321. The second-order valence-electron chi connectivity index (χ2n) is 3.94. The Balaban J connectivity index is 2.40. The van der Waals surface area contributed by atoms with Gasteiger partial charge in [-0.25, -0.2) is 4.98 Å². The molecule has 1 aromatic carbocycles. The Labute approximate surface area is 121 Å². The molecule has 0 atom stereocenters. The van der Waals surface area contributed by atoms with Crippen LogP contribution < -0.4 is 30.4 Å². The average molecular weight is 292 g/mol. The third-order valence-corrected chi connectivity index (χ3v) is 2.67. The molecule has 2 aromatic rings. The number of nitrogens with two attached hydrogens (primary N) is 2. The van der Waals surface area contributed by atoms with Gasteiger partial charge in [-0.05, 0) is 0 Å². The smallest absolute Gasteiger partial charge is 0.222 e.